The second kappa shape index (κ2) is 3.38. The Morgan fingerprint density at radius 2 is 2.29 bits per heavy atom. The van der Waals surface area contributed by atoms with Gasteiger partial charge in [-0.05, 0) is 23.8 Å². The maximum atomic E-state index is 10.7. The molecule has 0 radical (unpaired) electrons. The van der Waals surface area contributed by atoms with Gasteiger partial charge in [0.2, 0.25) is 0 Å². The summed E-state index contributed by atoms with van der Waals surface area (Å²) in [6, 6.07) is 5.02. The molecule has 1 aromatic carbocycles. The van der Waals surface area contributed by atoms with Crippen LogP contribution in [0.1, 0.15) is 15.9 Å². The first-order valence-corrected chi connectivity index (χ1v) is 4.80. The monoisotopic (exact) mass is 207 g/mol. The Bertz CT molecular complexity index is 490. The Labute approximate surface area is 86.2 Å². The molecule has 0 saturated carbocycles. The van der Waals surface area contributed by atoms with E-state index >= 15 is 0 Å². The summed E-state index contributed by atoms with van der Waals surface area (Å²) in [7, 11) is 0. The summed E-state index contributed by atoms with van der Waals surface area (Å²) >= 11 is 4.17. The van der Waals surface area contributed by atoms with Crippen LogP contribution >= 0.6 is 12.6 Å². The Hall–Kier alpha value is -1.42. The number of nitrogens with one attached hydrogen (secondary N) is 1. The molecule has 2 N–H and O–H groups in total. The number of aromatic amines is 1. The number of thiol groups is 1. The van der Waals surface area contributed by atoms with Crippen LogP contribution in [-0.4, -0.2) is 16.1 Å². The first-order valence-electron chi connectivity index (χ1n) is 4.16. The zero-order valence-electron chi connectivity index (χ0n) is 7.32. The second-order valence-electron chi connectivity index (χ2n) is 3.04. The fourth-order valence-electron chi connectivity index (χ4n) is 1.44. The highest BCUT2D eigenvalue weighted by Crippen LogP contribution is 2.21. The van der Waals surface area contributed by atoms with Crippen molar-refractivity contribution in [2.24, 2.45) is 0 Å². The molecule has 2 aromatic rings. The Kier molecular flexibility index (Phi) is 2.21. The lowest BCUT2D eigenvalue weighted by Gasteiger charge is -1.96. The van der Waals surface area contributed by atoms with E-state index in [0.29, 0.717) is 11.3 Å². The third-order valence-corrected chi connectivity index (χ3v) is 2.53. The largest absolute Gasteiger partial charge is 0.478 e. The van der Waals surface area contributed by atoms with Crippen molar-refractivity contribution >= 4 is 29.5 Å². The van der Waals surface area contributed by atoms with Crippen molar-refractivity contribution < 1.29 is 9.90 Å². The minimum atomic E-state index is -0.904. The van der Waals surface area contributed by atoms with Gasteiger partial charge >= 0.3 is 5.97 Å². The Morgan fingerprint density at radius 1 is 1.50 bits per heavy atom. The van der Waals surface area contributed by atoms with Crippen LogP contribution in [0.5, 0.6) is 0 Å². The van der Waals surface area contributed by atoms with E-state index in [4.69, 9.17) is 5.11 Å². The van der Waals surface area contributed by atoms with Crippen molar-refractivity contribution in [1.82, 2.24) is 4.98 Å². The highest BCUT2D eigenvalue weighted by atomic mass is 32.1. The summed E-state index contributed by atoms with van der Waals surface area (Å²) < 4.78 is 0. The number of rotatable bonds is 2. The summed E-state index contributed by atoms with van der Waals surface area (Å²) in [5.41, 5.74) is 2.27. The minimum absolute atomic E-state index is 0.306. The van der Waals surface area contributed by atoms with Crippen molar-refractivity contribution in [3.8, 4) is 0 Å². The number of benzene rings is 1. The maximum absolute atomic E-state index is 10.7. The molecule has 4 heteroatoms. The predicted molar refractivity (Wildman–Crippen MR) is 57.9 cm³/mol. The SMILES string of the molecule is O=C(O)c1ccc2[nH]cc(CS)c2c1. The molecule has 0 spiro atoms. The van der Waals surface area contributed by atoms with Crippen LogP contribution in [0, 0.1) is 0 Å². The molecule has 1 aromatic heterocycles. The molecule has 72 valence electrons. The number of carbonyl (C=O) groups is 1. The zero-order chi connectivity index (χ0) is 10.1. The number of aromatic carboxylic acids is 1. The number of carboxylic acids is 1. The normalized spacial score (nSPS) is 10.6. The average molecular weight is 207 g/mol. The first kappa shape index (κ1) is 9.15. The Morgan fingerprint density at radius 3 is 2.93 bits per heavy atom. The van der Waals surface area contributed by atoms with Crippen LogP contribution in [0.2, 0.25) is 0 Å². The van der Waals surface area contributed by atoms with Crippen LogP contribution in [0.15, 0.2) is 24.4 Å². The average Bonchev–Trinajstić information content (AvgIpc) is 2.59. The van der Waals surface area contributed by atoms with Crippen molar-refractivity contribution in [3.63, 3.8) is 0 Å². The molecule has 0 atom stereocenters. The highest BCUT2D eigenvalue weighted by molar-refractivity contribution is 7.79. The van der Waals surface area contributed by atoms with E-state index in [9.17, 15) is 4.79 Å². The van der Waals surface area contributed by atoms with Gasteiger partial charge in [0.25, 0.3) is 0 Å². The van der Waals surface area contributed by atoms with Gasteiger partial charge in [-0.2, -0.15) is 12.6 Å². The highest BCUT2D eigenvalue weighted by Gasteiger charge is 2.06. The zero-order valence-corrected chi connectivity index (χ0v) is 8.21. The molecule has 3 nitrogen and oxygen atoms in total. The number of aromatic nitrogens is 1. The van der Waals surface area contributed by atoms with E-state index in [1.807, 2.05) is 6.20 Å². The molecule has 0 unspecified atom stereocenters. The first-order chi connectivity index (χ1) is 6.72. The number of fused-ring (bicyclic) bond motifs is 1. The van der Waals surface area contributed by atoms with E-state index in [2.05, 4.69) is 17.6 Å². The van der Waals surface area contributed by atoms with Crippen LogP contribution in [0.4, 0.5) is 0 Å². The van der Waals surface area contributed by atoms with Crippen LogP contribution in [0.3, 0.4) is 0 Å². The van der Waals surface area contributed by atoms with Crippen molar-refractivity contribution in [1.29, 1.82) is 0 Å². The summed E-state index contributed by atoms with van der Waals surface area (Å²) in [5, 5.41) is 9.75. The Balaban J connectivity index is 2.67. The molecule has 0 saturated heterocycles. The van der Waals surface area contributed by atoms with Crippen molar-refractivity contribution in [3.05, 3.63) is 35.5 Å². The van der Waals surface area contributed by atoms with Gasteiger partial charge in [0.15, 0.2) is 0 Å². The summed E-state index contributed by atoms with van der Waals surface area (Å²) in [6.07, 6.45) is 1.85. The molecule has 14 heavy (non-hydrogen) atoms. The van der Waals surface area contributed by atoms with E-state index < -0.39 is 5.97 Å². The molecular weight excluding hydrogens is 198 g/mol. The fraction of sp³-hybridized carbons (Fsp3) is 0.100. The van der Waals surface area contributed by atoms with E-state index in [1.165, 1.54) is 0 Å². The predicted octanol–water partition coefficient (Wildman–Crippen LogP) is 2.30. The van der Waals surface area contributed by atoms with Gasteiger partial charge in [0.1, 0.15) is 0 Å². The van der Waals surface area contributed by atoms with Crippen LogP contribution in [-0.2, 0) is 5.75 Å². The third kappa shape index (κ3) is 1.37. The van der Waals surface area contributed by atoms with Gasteiger partial charge in [-0.15, -0.1) is 0 Å². The van der Waals surface area contributed by atoms with Gasteiger partial charge in [-0.25, -0.2) is 4.79 Å². The fourth-order valence-corrected chi connectivity index (χ4v) is 1.70. The molecule has 0 aliphatic carbocycles. The molecule has 0 bridgehead atoms. The molecular formula is C10H9NO2S. The number of hydrogen-bond acceptors (Lipinski definition) is 2. The third-order valence-electron chi connectivity index (χ3n) is 2.18. The maximum Gasteiger partial charge on any atom is 0.335 e. The molecule has 0 aliphatic heterocycles. The van der Waals surface area contributed by atoms with Gasteiger partial charge in [-0.3, -0.25) is 0 Å². The van der Waals surface area contributed by atoms with Gasteiger partial charge < -0.3 is 10.1 Å². The number of carboxylic acid groups (broad SMARTS) is 1. The molecule has 2 rings (SSSR count). The number of hydrogen-bond donors (Lipinski definition) is 3. The van der Waals surface area contributed by atoms with E-state index in [1.54, 1.807) is 18.2 Å². The number of H-pyrrole nitrogens is 1. The minimum Gasteiger partial charge on any atom is -0.478 e. The van der Waals surface area contributed by atoms with E-state index in [0.717, 1.165) is 16.5 Å². The summed E-state index contributed by atoms with van der Waals surface area (Å²) in [5.74, 6) is -0.304. The topological polar surface area (TPSA) is 53.1 Å². The lowest BCUT2D eigenvalue weighted by Crippen LogP contribution is -1.95. The summed E-state index contributed by atoms with van der Waals surface area (Å²) in [4.78, 5) is 13.8. The standard InChI is InChI=1S/C10H9NO2S/c12-10(13)6-1-2-9-8(3-6)7(5-14)4-11-9/h1-4,11,14H,5H2,(H,12,13). The molecule has 0 amide bonds. The van der Waals surface area contributed by atoms with E-state index in [-0.39, 0.29) is 0 Å². The van der Waals surface area contributed by atoms with Gasteiger partial charge in [0.05, 0.1) is 5.56 Å². The van der Waals surface area contributed by atoms with Crippen LogP contribution in [0.25, 0.3) is 10.9 Å². The molecule has 0 fully saturated rings. The van der Waals surface area contributed by atoms with Gasteiger partial charge in [0, 0.05) is 22.9 Å². The smallest absolute Gasteiger partial charge is 0.335 e. The lowest BCUT2D eigenvalue weighted by atomic mass is 10.1. The van der Waals surface area contributed by atoms with Crippen LogP contribution < -0.4 is 0 Å². The lowest BCUT2D eigenvalue weighted by molar-refractivity contribution is 0.0697. The van der Waals surface area contributed by atoms with Crippen molar-refractivity contribution in [2.45, 2.75) is 5.75 Å². The van der Waals surface area contributed by atoms with Crippen molar-refractivity contribution in [2.75, 3.05) is 0 Å². The second-order valence-corrected chi connectivity index (χ2v) is 3.35. The summed E-state index contributed by atoms with van der Waals surface area (Å²) in [6.45, 7) is 0. The molecule has 0 aliphatic rings. The molecule has 1 heterocycles. The van der Waals surface area contributed by atoms with Gasteiger partial charge in [-0.1, -0.05) is 0 Å². The quantitative estimate of drug-likeness (QED) is 0.662.